The van der Waals surface area contributed by atoms with E-state index < -0.39 is 0 Å². The maximum atomic E-state index is 5.92. The van der Waals surface area contributed by atoms with Gasteiger partial charge in [0.1, 0.15) is 12.4 Å². The van der Waals surface area contributed by atoms with Crippen LogP contribution in [0.25, 0.3) is 0 Å². The predicted octanol–water partition coefficient (Wildman–Crippen LogP) is 2.59. The fourth-order valence-corrected chi connectivity index (χ4v) is 1.97. The quantitative estimate of drug-likeness (QED) is 0.470. The van der Waals surface area contributed by atoms with Crippen molar-refractivity contribution in [3.63, 3.8) is 0 Å². The number of nitrogens with zero attached hydrogens (tertiary/aromatic N) is 1. The van der Waals surface area contributed by atoms with Crippen molar-refractivity contribution in [1.29, 1.82) is 0 Å². The summed E-state index contributed by atoms with van der Waals surface area (Å²) in [7, 11) is 0. The Balaban J connectivity index is 2.91. The molecule has 0 saturated carbocycles. The normalized spacial score (nSPS) is 10.8. The van der Waals surface area contributed by atoms with Crippen molar-refractivity contribution in [2.24, 2.45) is 16.5 Å². The number of benzene rings is 1. The van der Waals surface area contributed by atoms with E-state index in [0.29, 0.717) is 25.0 Å². The molecule has 1 rings (SSSR count). The van der Waals surface area contributed by atoms with Gasteiger partial charge in [0.25, 0.3) is 0 Å². The molecule has 0 aromatic heterocycles. The van der Waals surface area contributed by atoms with Crippen LogP contribution in [0.15, 0.2) is 23.2 Å². The third-order valence-electron chi connectivity index (χ3n) is 2.95. The molecule has 4 heteroatoms. The molecule has 0 aliphatic heterocycles. The molecule has 0 heterocycles. The van der Waals surface area contributed by atoms with Crippen molar-refractivity contribution in [3.05, 3.63) is 29.3 Å². The number of ether oxygens (including phenoxy) is 1. The summed E-state index contributed by atoms with van der Waals surface area (Å²) in [5.41, 5.74) is 13.1. The van der Waals surface area contributed by atoms with Crippen LogP contribution in [0.4, 0.5) is 0 Å². The first-order valence-corrected chi connectivity index (χ1v) is 6.74. The standard InChI is InChI=1S/C15H25N3O/c1-10(2)12-6-5-7-13(11(3)4)14(12)19-9-8-18-15(16)17/h5-7,10-11H,8-9H2,1-4H3,(H4,16,17,18). The van der Waals surface area contributed by atoms with Crippen molar-refractivity contribution in [1.82, 2.24) is 0 Å². The second kappa shape index (κ2) is 7.02. The Kier molecular flexibility index (Phi) is 5.67. The van der Waals surface area contributed by atoms with Gasteiger partial charge in [0, 0.05) is 0 Å². The first kappa shape index (κ1) is 15.3. The lowest BCUT2D eigenvalue weighted by Gasteiger charge is -2.19. The highest BCUT2D eigenvalue weighted by molar-refractivity contribution is 5.75. The summed E-state index contributed by atoms with van der Waals surface area (Å²) in [4.78, 5) is 3.94. The Labute approximate surface area is 115 Å². The largest absolute Gasteiger partial charge is 0.491 e. The first-order valence-electron chi connectivity index (χ1n) is 6.74. The average molecular weight is 263 g/mol. The fraction of sp³-hybridized carbons (Fsp3) is 0.533. The highest BCUT2D eigenvalue weighted by atomic mass is 16.5. The van der Waals surface area contributed by atoms with Gasteiger partial charge in [-0.15, -0.1) is 0 Å². The Morgan fingerprint density at radius 2 is 1.63 bits per heavy atom. The summed E-state index contributed by atoms with van der Waals surface area (Å²) in [5.74, 6) is 1.94. The van der Waals surface area contributed by atoms with E-state index >= 15 is 0 Å². The smallest absolute Gasteiger partial charge is 0.186 e. The fourth-order valence-electron chi connectivity index (χ4n) is 1.97. The van der Waals surface area contributed by atoms with Gasteiger partial charge in [-0.05, 0) is 23.0 Å². The van der Waals surface area contributed by atoms with Crippen LogP contribution in [0.1, 0.15) is 50.7 Å². The van der Waals surface area contributed by atoms with E-state index in [1.165, 1.54) is 11.1 Å². The van der Waals surface area contributed by atoms with Gasteiger partial charge in [0.15, 0.2) is 5.96 Å². The zero-order valence-corrected chi connectivity index (χ0v) is 12.3. The monoisotopic (exact) mass is 263 g/mol. The number of rotatable bonds is 6. The highest BCUT2D eigenvalue weighted by Gasteiger charge is 2.14. The molecule has 1 aromatic carbocycles. The van der Waals surface area contributed by atoms with Crippen molar-refractivity contribution >= 4 is 5.96 Å². The molecule has 0 fully saturated rings. The number of para-hydroxylation sites is 1. The molecule has 0 bridgehead atoms. The lowest BCUT2D eigenvalue weighted by atomic mass is 9.94. The molecule has 0 aliphatic rings. The summed E-state index contributed by atoms with van der Waals surface area (Å²) in [5, 5.41) is 0. The second-order valence-electron chi connectivity index (χ2n) is 5.23. The Morgan fingerprint density at radius 3 is 2.05 bits per heavy atom. The van der Waals surface area contributed by atoms with Crippen molar-refractivity contribution in [2.45, 2.75) is 39.5 Å². The molecule has 106 valence electrons. The maximum absolute atomic E-state index is 5.92. The molecular weight excluding hydrogens is 238 g/mol. The molecule has 4 N–H and O–H groups in total. The lowest BCUT2D eigenvalue weighted by Crippen LogP contribution is -2.23. The van der Waals surface area contributed by atoms with Gasteiger partial charge in [-0.1, -0.05) is 45.9 Å². The minimum absolute atomic E-state index is 0.102. The zero-order chi connectivity index (χ0) is 14.4. The van der Waals surface area contributed by atoms with Crippen LogP contribution >= 0.6 is 0 Å². The molecule has 0 spiro atoms. The summed E-state index contributed by atoms with van der Waals surface area (Å²) in [6.07, 6.45) is 0. The summed E-state index contributed by atoms with van der Waals surface area (Å²) >= 11 is 0. The average Bonchev–Trinajstić information content (AvgIpc) is 2.33. The third-order valence-corrected chi connectivity index (χ3v) is 2.95. The van der Waals surface area contributed by atoms with Crippen LogP contribution in [-0.4, -0.2) is 19.1 Å². The molecule has 19 heavy (non-hydrogen) atoms. The molecule has 0 saturated heterocycles. The van der Waals surface area contributed by atoms with Crippen molar-refractivity contribution < 1.29 is 4.74 Å². The minimum atomic E-state index is 0.102. The molecule has 0 atom stereocenters. The molecule has 1 aromatic rings. The van der Waals surface area contributed by atoms with Crippen LogP contribution in [0.2, 0.25) is 0 Å². The number of nitrogens with two attached hydrogens (primary N) is 2. The summed E-state index contributed by atoms with van der Waals surface area (Å²) in [6, 6.07) is 6.33. The van der Waals surface area contributed by atoms with Crippen molar-refractivity contribution in [2.75, 3.05) is 13.2 Å². The van der Waals surface area contributed by atoms with Gasteiger partial charge in [-0.25, -0.2) is 0 Å². The predicted molar refractivity (Wildman–Crippen MR) is 80.8 cm³/mol. The van der Waals surface area contributed by atoms with Gasteiger partial charge in [0.2, 0.25) is 0 Å². The third kappa shape index (κ3) is 4.47. The second-order valence-corrected chi connectivity index (χ2v) is 5.23. The summed E-state index contributed by atoms with van der Waals surface area (Å²) < 4.78 is 5.92. The van der Waals surface area contributed by atoms with Crippen molar-refractivity contribution in [3.8, 4) is 5.75 Å². The molecular formula is C15H25N3O. The number of guanidine groups is 1. The van der Waals surface area contributed by atoms with Crippen LogP contribution in [0.3, 0.4) is 0 Å². The SMILES string of the molecule is CC(C)c1cccc(C(C)C)c1OCCN=C(N)N. The Bertz CT molecular complexity index is 409. The molecule has 4 nitrogen and oxygen atoms in total. The first-order chi connectivity index (χ1) is 8.93. The van der Waals surface area contributed by atoms with Crippen LogP contribution in [-0.2, 0) is 0 Å². The van der Waals surface area contributed by atoms with E-state index in [0.717, 1.165) is 5.75 Å². The minimum Gasteiger partial charge on any atom is -0.491 e. The van der Waals surface area contributed by atoms with Crippen LogP contribution in [0, 0.1) is 0 Å². The van der Waals surface area contributed by atoms with Gasteiger partial charge in [-0.3, -0.25) is 4.99 Å². The van der Waals surface area contributed by atoms with Gasteiger partial charge < -0.3 is 16.2 Å². The highest BCUT2D eigenvalue weighted by Crippen LogP contribution is 2.34. The van der Waals surface area contributed by atoms with E-state index in [4.69, 9.17) is 16.2 Å². The lowest BCUT2D eigenvalue weighted by molar-refractivity contribution is 0.319. The summed E-state index contributed by atoms with van der Waals surface area (Å²) in [6.45, 7) is 9.64. The Morgan fingerprint density at radius 1 is 1.11 bits per heavy atom. The maximum Gasteiger partial charge on any atom is 0.186 e. The van der Waals surface area contributed by atoms with Crippen LogP contribution in [0.5, 0.6) is 5.75 Å². The van der Waals surface area contributed by atoms with E-state index in [2.05, 4.69) is 50.9 Å². The van der Waals surface area contributed by atoms with E-state index in [1.54, 1.807) is 0 Å². The number of hydrogen-bond donors (Lipinski definition) is 2. The van der Waals surface area contributed by atoms with Gasteiger partial charge >= 0.3 is 0 Å². The van der Waals surface area contributed by atoms with E-state index in [-0.39, 0.29) is 5.96 Å². The molecule has 0 radical (unpaired) electrons. The zero-order valence-electron chi connectivity index (χ0n) is 12.3. The molecule has 0 amide bonds. The molecule has 0 unspecified atom stereocenters. The number of aliphatic imine (C=N–C) groups is 1. The molecule has 0 aliphatic carbocycles. The Hall–Kier alpha value is -1.71. The van der Waals surface area contributed by atoms with E-state index in [1.807, 2.05) is 0 Å². The van der Waals surface area contributed by atoms with E-state index in [9.17, 15) is 0 Å². The topological polar surface area (TPSA) is 73.6 Å². The number of hydrogen-bond acceptors (Lipinski definition) is 2. The van der Waals surface area contributed by atoms with Gasteiger partial charge in [-0.2, -0.15) is 0 Å². The van der Waals surface area contributed by atoms with Crippen LogP contribution < -0.4 is 16.2 Å². The van der Waals surface area contributed by atoms with Gasteiger partial charge in [0.05, 0.1) is 6.54 Å².